The summed E-state index contributed by atoms with van der Waals surface area (Å²) in [6, 6.07) is 19.6. The highest BCUT2D eigenvalue weighted by molar-refractivity contribution is 8.00. The van der Waals surface area contributed by atoms with E-state index in [1.807, 2.05) is 11.8 Å². The van der Waals surface area contributed by atoms with Crippen LogP contribution in [0.2, 0.25) is 0 Å². The predicted molar refractivity (Wildman–Crippen MR) is 96.9 cm³/mol. The summed E-state index contributed by atoms with van der Waals surface area (Å²) in [6.45, 7) is 6.58. The first-order valence-electron chi connectivity index (χ1n) is 7.73. The Balaban J connectivity index is 1.98. The van der Waals surface area contributed by atoms with Gasteiger partial charge in [-0.2, -0.15) is 0 Å². The fourth-order valence-electron chi connectivity index (χ4n) is 2.61. The summed E-state index contributed by atoms with van der Waals surface area (Å²) in [6.07, 6.45) is 0. The highest BCUT2D eigenvalue weighted by Crippen LogP contribution is 2.40. The number of aliphatic imine (C=N–C) groups is 1. The molecule has 0 spiro atoms. The number of aryl methyl sites for hydroxylation is 1. The van der Waals surface area contributed by atoms with Crippen molar-refractivity contribution >= 4 is 23.3 Å². The van der Waals surface area contributed by atoms with Crippen LogP contribution in [-0.2, 0) is 0 Å². The number of amidine groups is 1. The van der Waals surface area contributed by atoms with Crippen LogP contribution in [0.1, 0.15) is 30.2 Å². The Morgan fingerprint density at radius 3 is 2.36 bits per heavy atom. The molecule has 2 aromatic carbocycles. The van der Waals surface area contributed by atoms with Gasteiger partial charge in [-0.1, -0.05) is 48.0 Å². The van der Waals surface area contributed by atoms with Crippen LogP contribution in [0.15, 0.2) is 59.6 Å². The Hall–Kier alpha value is -1.74. The maximum atomic E-state index is 4.98. The van der Waals surface area contributed by atoms with Gasteiger partial charge in [0, 0.05) is 6.04 Å². The summed E-state index contributed by atoms with van der Waals surface area (Å²) in [5.41, 5.74) is 3.64. The van der Waals surface area contributed by atoms with Crippen LogP contribution in [0.4, 0.5) is 5.69 Å². The fourth-order valence-corrected chi connectivity index (χ4v) is 4.03. The maximum Gasteiger partial charge on any atom is 0.123 e. The van der Waals surface area contributed by atoms with Crippen LogP contribution in [0.25, 0.3) is 0 Å². The summed E-state index contributed by atoms with van der Waals surface area (Å²) in [4.78, 5) is 7.39. The monoisotopic (exact) mass is 310 g/mol. The first-order chi connectivity index (χ1) is 10.6. The third-order valence-corrected chi connectivity index (χ3v) is 5.16. The average molecular weight is 310 g/mol. The van der Waals surface area contributed by atoms with Crippen LogP contribution in [0.5, 0.6) is 0 Å². The molecule has 22 heavy (non-hydrogen) atoms. The molecule has 3 rings (SSSR count). The van der Waals surface area contributed by atoms with Gasteiger partial charge in [0.2, 0.25) is 0 Å². The number of hydrogen-bond acceptors (Lipinski definition) is 2. The highest BCUT2D eigenvalue weighted by Gasteiger charge is 2.32. The number of thioether (sulfide) groups is 1. The Morgan fingerprint density at radius 2 is 1.73 bits per heavy atom. The molecule has 0 saturated carbocycles. The summed E-state index contributed by atoms with van der Waals surface area (Å²) < 4.78 is 0. The van der Waals surface area contributed by atoms with E-state index in [1.165, 1.54) is 17.0 Å². The first kappa shape index (κ1) is 15.2. The van der Waals surface area contributed by atoms with Crippen molar-refractivity contribution < 1.29 is 0 Å². The molecule has 1 saturated heterocycles. The Morgan fingerprint density at radius 1 is 1.05 bits per heavy atom. The van der Waals surface area contributed by atoms with Crippen LogP contribution in [0, 0.1) is 6.92 Å². The molecule has 1 aliphatic rings. The van der Waals surface area contributed by atoms with E-state index >= 15 is 0 Å². The van der Waals surface area contributed by atoms with Crippen LogP contribution < -0.4 is 0 Å². The Bertz CT molecular complexity index is 647. The number of nitrogens with zero attached hydrogens (tertiary/aromatic N) is 2. The molecule has 0 bridgehead atoms. The van der Waals surface area contributed by atoms with Crippen molar-refractivity contribution in [2.45, 2.75) is 32.1 Å². The molecule has 2 aromatic rings. The zero-order valence-corrected chi connectivity index (χ0v) is 14.2. The van der Waals surface area contributed by atoms with Crippen molar-refractivity contribution in [3.63, 3.8) is 0 Å². The molecule has 114 valence electrons. The summed E-state index contributed by atoms with van der Waals surface area (Å²) in [5, 5.41) is 0.324. The molecule has 1 atom stereocenters. The van der Waals surface area contributed by atoms with E-state index in [-0.39, 0.29) is 0 Å². The molecule has 2 nitrogen and oxygen atoms in total. The van der Waals surface area contributed by atoms with Gasteiger partial charge in [-0.3, -0.25) is 0 Å². The third kappa shape index (κ3) is 3.20. The molecule has 0 aliphatic carbocycles. The van der Waals surface area contributed by atoms with Gasteiger partial charge < -0.3 is 4.90 Å². The lowest BCUT2D eigenvalue weighted by atomic mass is 10.1. The maximum absolute atomic E-state index is 4.98. The summed E-state index contributed by atoms with van der Waals surface area (Å²) in [7, 11) is 0. The second-order valence-electron chi connectivity index (χ2n) is 5.96. The van der Waals surface area contributed by atoms with Gasteiger partial charge in [-0.15, -0.1) is 11.8 Å². The van der Waals surface area contributed by atoms with Gasteiger partial charge in [-0.25, -0.2) is 4.99 Å². The van der Waals surface area contributed by atoms with Gasteiger partial charge in [-0.05, 0) is 38.5 Å². The highest BCUT2D eigenvalue weighted by atomic mass is 32.2. The van der Waals surface area contributed by atoms with Crippen molar-refractivity contribution in [2.24, 2.45) is 4.99 Å². The first-order valence-corrected chi connectivity index (χ1v) is 8.78. The van der Waals surface area contributed by atoms with E-state index in [4.69, 9.17) is 4.99 Å². The lowest BCUT2D eigenvalue weighted by Gasteiger charge is -2.24. The Labute approximate surface area is 137 Å². The van der Waals surface area contributed by atoms with E-state index in [0.29, 0.717) is 11.3 Å². The van der Waals surface area contributed by atoms with Gasteiger partial charge in [0.1, 0.15) is 5.84 Å². The smallest absolute Gasteiger partial charge is 0.123 e. The topological polar surface area (TPSA) is 15.6 Å². The molecule has 1 aliphatic heterocycles. The molecular formula is C19H22N2S. The molecule has 1 heterocycles. The lowest BCUT2D eigenvalue weighted by Crippen LogP contribution is -2.33. The van der Waals surface area contributed by atoms with Gasteiger partial charge in [0.05, 0.1) is 16.8 Å². The van der Waals surface area contributed by atoms with Crippen LogP contribution in [-0.4, -0.2) is 22.7 Å². The van der Waals surface area contributed by atoms with Gasteiger partial charge in [0.25, 0.3) is 0 Å². The van der Waals surface area contributed by atoms with Crippen molar-refractivity contribution in [1.82, 2.24) is 4.90 Å². The van der Waals surface area contributed by atoms with Crippen LogP contribution >= 0.6 is 11.8 Å². The Kier molecular flexibility index (Phi) is 4.53. The number of rotatable bonds is 3. The van der Waals surface area contributed by atoms with Gasteiger partial charge >= 0.3 is 0 Å². The summed E-state index contributed by atoms with van der Waals surface area (Å²) >= 11 is 1.96. The molecule has 0 radical (unpaired) electrons. The number of benzene rings is 2. The SMILES string of the molecule is Cc1ccc(N=C2C(c3ccccc3)SCN2C(C)C)cc1. The van der Waals surface area contributed by atoms with Crippen molar-refractivity contribution in [3.05, 3.63) is 65.7 Å². The standard InChI is InChI=1S/C19H22N2S/c1-14(2)21-13-22-18(16-7-5-4-6-8-16)19(21)20-17-11-9-15(3)10-12-17/h4-12,14,18H,13H2,1-3H3. The second-order valence-corrected chi connectivity index (χ2v) is 7.02. The van der Waals surface area contributed by atoms with Crippen LogP contribution in [0.3, 0.4) is 0 Å². The molecule has 3 heteroatoms. The summed E-state index contributed by atoms with van der Waals surface area (Å²) in [5.74, 6) is 2.18. The molecule has 0 amide bonds. The molecule has 1 unspecified atom stereocenters. The van der Waals surface area contributed by atoms with Crippen molar-refractivity contribution in [3.8, 4) is 0 Å². The van der Waals surface area contributed by atoms with Crippen molar-refractivity contribution in [2.75, 3.05) is 5.88 Å². The lowest BCUT2D eigenvalue weighted by molar-refractivity contribution is 0.406. The third-order valence-electron chi connectivity index (χ3n) is 3.91. The minimum atomic E-state index is 0.324. The molecule has 0 aromatic heterocycles. The minimum absolute atomic E-state index is 0.324. The quantitative estimate of drug-likeness (QED) is 0.776. The van der Waals surface area contributed by atoms with E-state index in [0.717, 1.165) is 11.6 Å². The normalized spacial score (nSPS) is 20.1. The second kappa shape index (κ2) is 6.57. The fraction of sp³-hybridized carbons (Fsp3) is 0.316. The zero-order valence-electron chi connectivity index (χ0n) is 13.4. The van der Waals surface area contributed by atoms with E-state index < -0.39 is 0 Å². The minimum Gasteiger partial charge on any atom is -0.347 e. The number of hydrogen-bond donors (Lipinski definition) is 0. The predicted octanol–water partition coefficient (Wildman–Crippen LogP) is 5.18. The van der Waals surface area contributed by atoms with E-state index in [9.17, 15) is 0 Å². The van der Waals surface area contributed by atoms with Crippen molar-refractivity contribution in [1.29, 1.82) is 0 Å². The molecule has 1 fully saturated rings. The average Bonchev–Trinajstić information content (AvgIpc) is 2.94. The van der Waals surface area contributed by atoms with E-state index in [1.54, 1.807) is 0 Å². The zero-order chi connectivity index (χ0) is 15.5. The van der Waals surface area contributed by atoms with Gasteiger partial charge in [0.15, 0.2) is 0 Å². The van der Waals surface area contributed by atoms with E-state index in [2.05, 4.69) is 80.3 Å². The molecular weight excluding hydrogens is 288 g/mol. The molecule has 0 N–H and O–H groups in total. The largest absolute Gasteiger partial charge is 0.347 e.